The van der Waals surface area contributed by atoms with Crippen LogP contribution in [-0.2, 0) is 0 Å². The Balaban J connectivity index is 2.45. The molecule has 3 N–H and O–H groups in total. The maximum atomic E-state index is 6.04. The van der Waals surface area contributed by atoms with Gasteiger partial charge in [0.05, 0.1) is 14.7 Å². The van der Waals surface area contributed by atoms with Crippen LogP contribution in [0.2, 0.25) is 10.0 Å². The van der Waals surface area contributed by atoms with Crippen molar-refractivity contribution in [2.24, 2.45) is 5.73 Å². The Bertz CT molecular complexity index is 444. The van der Waals surface area contributed by atoms with Crippen LogP contribution in [0.15, 0.2) is 12.1 Å². The molecule has 0 saturated carbocycles. The van der Waals surface area contributed by atoms with Crippen molar-refractivity contribution in [1.29, 1.82) is 0 Å². The van der Waals surface area contributed by atoms with Crippen LogP contribution in [0.1, 0.15) is 0 Å². The smallest absolute Gasteiger partial charge is 0.183 e. The zero-order chi connectivity index (χ0) is 10.8. The fraction of sp³-hybridized carbons (Fsp3) is 0.222. The molecule has 0 amide bonds. The van der Waals surface area contributed by atoms with E-state index in [1.807, 2.05) is 0 Å². The average Bonchev–Trinajstić information content (AvgIpc) is 2.66. The Hall–Kier alpha value is -0.550. The normalized spacial score (nSPS) is 10.9. The molecular formula is C9H9Cl2N3S. The van der Waals surface area contributed by atoms with E-state index in [2.05, 4.69) is 10.3 Å². The first kappa shape index (κ1) is 11.0. The Morgan fingerprint density at radius 2 is 2.07 bits per heavy atom. The molecule has 0 unspecified atom stereocenters. The highest BCUT2D eigenvalue weighted by molar-refractivity contribution is 7.22. The SMILES string of the molecule is NCCNc1nc2c(Cl)ccc(Cl)c2s1. The van der Waals surface area contributed by atoms with E-state index in [9.17, 15) is 0 Å². The summed E-state index contributed by atoms with van der Waals surface area (Å²) in [6, 6.07) is 3.52. The predicted molar refractivity (Wildman–Crippen MR) is 67.2 cm³/mol. The second-order valence-corrected chi connectivity index (χ2v) is 4.75. The van der Waals surface area contributed by atoms with E-state index in [0.29, 0.717) is 23.1 Å². The van der Waals surface area contributed by atoms with Gasteiger partial charge in [-0.25, -0.2) is 4.98 Å². The minimum absolute atomic E-state index is 0.567. The molecule has 6 heteroatoms. The van der Waals surface area contributed by atoms with Gasteiger partial charge in [0.15, 0.2) is 5.13 Å². The summed E-state index contributed by atoms with van der Waals surface area (Å²) in [6.07, 6.45) is 0. The molecule has 0 aliphatic carbocycles. The molecule has 0 saturated heterocycles. The van der Waals surface area contributed by atoms with E-state index < -0.39 is 0 Å². The summed E-state index contributed by atoms with van der Waals surface area (Å²) in [7, 11) is 0. The number of nitrogens with two attached hydrogens (primary N) is 1. The largest absolute Gasteiger partial charge is 0.360 e. The molecule has 0 atom stereocenters. The fourth-order valence-corrected chi connectivity index (χ4v) is 2.65. The van der Waals surface area contributed by atoms with E-state index >= 15 is 0 Å². The van der Waals surface area contributed by atoms with Gasteiger partial charge in [0.25, 0.3) is 0 Å². The number of hydrogen-bond donors (Lipinski definition) is 2. The van der Waals surface area contributed by atoms with E-state index in [-0.39, 0.29) is 0 Å². The van der Waals surface area contributed by atoms with Crippen molar-refractivity contribution in [2.75, 3.05) is 18.4 Å². The van der Waals surface area contributed by atoms with Crippen molar-refractivity contribution >= 4 is 49.9 Å². The number of anilines is 1. The molecular weight excluding hydrogens is 253 g/mol. The van der Waals surface area contributed by atoms with E-state index in [4.69, 9.17) is 28.9 Å². The lowest BCUT2D eigenvalue weighted by atomic mass is 10.3. The highest BCUT2D eigenvalue weighted by Gasteiger charge is 2.09. The van der Waals surface area contributed by atoms with Gasteiger partial charge < -0.3 is 11.1 Å². The van der Waals surface area contributed by atoms with Crippen LogP contribution in [-0.4, -0.2) is 18.1 Å². The summed E-state index contributed by atoms with van der Waals surface area (Å²) >= 11 is 13.5. The van der Waals surface area contributed by atoms with Crippen molar-refractivity contribution in [3.05, 3.63) is 22.2 Å². The van der Waals surface area contributed by atoms with E-state index in [1.165, 1.54) is 11.3 Å². The Morgan fingerprint density at radius 3 is 2.73 bits per heavy atom. The molecule has 0 aliphatic heterocycles. The highest BCUT2D eigenvalue weighted by Crippen LogP contribution is 2.35. The van der Waals surface area contributed by atoms with Crippen molar-refractivity contribution in [1.82, 2.24) is 4.98 Å². The summed E-state index contributed by atoms with van der Waals surface area (Å²) in [4.78, 5) is 4.35. The molecule has 15 heavy (non-hydrogen) atoms. The molecule has 0 bridgehead atoms. The van der Waals surface area contributed by atoms with E-state index in [0.717, 1.165) is 15.3 Å². The number of rotatable bonds is 3. The maximum absolute atomic E-state index is 6.04. The Kier molecular flexibility index (Phi) is 3.31. The predicted octanol–water partition coefficient (Wildman–Crippen LogP) is 2.97. The second-order valence-electron chi connectivity index (χ2n) is 2.94. The van der Waals surface area contributed by atoms with Crippen LogP contribution in [0.3, 0.4) is 0 Å². The van der Waals surface area contributed by atoms with Gasteiger partial charge in [-0.15, -0.1) is 0 Å². The number of thiazole rings is 1. The van der Waals surface area contributed by atoms with E-state index in [1.54, 1.807) is 12.1 Å². The van der Waals surface area contributed by atoms with Gasteiger partial charge in [0.1, 0.15) is 5.52 Å². The molecule has 2 rings (SSSR count). The zero-order valence-electron chi connectivity index (χ0n) is 7.76. The Labute approximate surface area is 101 Å². The number of halogens is 2. The first-order valence-electron chi connectivity index (χ1n) is 4.41. The molecule has 1 heterocycles. The topological polar surface area (TPSA) is 50.9 Å². The van der Waals surface area contributed by atoms with Crippen molar-refractivity contribution in [3.63, 3.8) is 0 Å². The van der Waals surface area contributed by atoms with Crippen LogP contribution >= 0.6 is 34.5 Å². The third kappa shape index (κ3) is 2.18. The van der Waals surface area contributed by atoms with Gasteiger partial charge >= 0.3 is 0 Å². The van der Waals surface area contributed by atoms with Gasteiger partial charge in [0, 0.05) is 13.1 Å². The van der Waals surface area contributed by atoms with Gasteiger partial charge in [-0.05, 0) is 12.1 Å². The summed E-state index contributed by atoms with van der Waals surface area (Å²) < 4.78 is 0.906. The standard InChI is InChI=1S/C9H9Cl2N3S/c10-5-1-2-6(11)8-7(5)14-9(15-8)13-4-3-12/h1-2H,3-4,12H2,(H,13,14). The van der Waals surface area contributed by atoms with Gasteiger partial charge in [-0.1, -0.05) is 34.5 Å². The number of hydrogen-bond acceptors (Lipinski definition) is 4. The third-order valence-electron chi connectivity index (χ3n) is 1.87. The number of nitrogens with zero attached hydrogens (tertiary/aromatic N) is 1. The van der Waals surface area contributed by atoms with Crippen LogP contribution < -0.4 is 11.1 Å². The maximum Gasteiger partial charge on any atom is 0.183 e. The van der Waals surface area contributed by atoms with Gasteiger partial charge in [-0.2, -0.15) is 0 Å². The molecule has 1 aromatic carbocycles. The summed E-state index contributed by atoms with van der Waals surface area (Å²) in [6.45, 7) is 1.26. The molecule has 0 spiro atoms. The average molecular weight is 262 g/mol. The Morgan fingerprint density at radius 1 is 1.33 bits per heavy atom. The van der Waals surface area contributed by atoms with Gasteiger partial charge in [-0.3, -0.25) is 0 Å². The number of aromatic nitrogens is 1. The summed E-state index contributed by atoms with van der Waals surface area (Å²) in [5, 5.41) is 5.19. The summed E-state index contributed by atoms with van der Waals surface area (Å²) in [5.41, 5.74) is 6.14. The molecule has 0 radical (unpaired) electrons. The molecule has 1 aromatic heterocycles. The minimum Gasteiger partial charge on any atom is -0.360 e. The molecule has 3 nitrogen and oxygen atoms in total. The fourth-order valence-electron chi connectivity index (χ4n) is 1.20. The number of nitrogens with one attached hydrogen (secondary N) is 1. The van der Waals surface area contributed by atoms with Gasteiger partial charge in [0.2, 0.25) is 0 Å². The van der Waals surface area contributed by atoms with Crippen LogP contribution in [0.4, 0.5) is 5.13 Å². The minimum atomic E-state index is 0.567. The van der Waals surface area contributed by atoms with Crippen LogP contribution in [0.5, 0.6) is 0 Å². The highest BCUT2D eigenvalue weighted by atomic mass is 35.5. The van der Waals surface area contributed by atoms with Crippen LogP contribution in [0, 0.1) is 0 Å². The molecule has 0 aliphatic rings. The second kappa shape index (κ2) is 4.53. The first-order valence-corrected chi connectivity index (χ1v) is 5.98. The lowest BCUT2D eigenvalue weighted by molar-refractivity contribution is 1.02. The molecule has 0 fully saturated rings. The van der Waals surface area contributed by atoms with Crippen molar-refractivity contribution < 1.29 is 0 Å². The monoisotopic (exact) mass is 261 g/mol. The quantitative estimate of drug-likeness (QED) is 0.894. The zero-order valence-corrected chi connectivity index (χ0v) is 10.1. The molecule has 80 valence electrons. The number of fused-ring (bicyclic) bond motifs is 1. The molecule has 2 aromatic rings. The summed E-state index contributed by atoms with van der Waals surface area (Å²) in [5.74, 6) is 0. The number of benzene rings is 1. The first-order chi connectivity index (χ1) is 7.22. The van der Waals surface area contributed by atoms with Crippen molar-refractivity contribution in [3.8, 4) is 0 Å². The lowest BCUT2D eigenvalue weighted by Gasteiger charge is -1.96. The van der Waals surface area contributed by atoms with Crippen LogP contribution in [0.25, 0.3) is 10.2 Å². The third-order valence-corrected chi connectivity index (χ3v) is 3.65. The van der Waals surface area contributed by atoms with Crippen molar-refractivity contribution in [2.45, 2.75) is 0 Å². The lowest BCUT2D eigenvalue weighted by Crippen LogP contribution is -2.12.